The molecule has 0 unspecified atom stereocenters. The van der Waals surface area contributed by atoms with Crippen molar-refractivity contribution in [3.63, 3.8) is 0 Å². The van der Waals surface area contributed by atoms with Crippen LogP contribution < -0.4 is 10.1 Å². The Hall–Kier alpha value is -2.84. The minimum atomic E-state index is -0.0734. The molecule has 3 aromatic rings. The van der Waals surface area contributed by atoms with E-state index in [4.69, 9.17) is 9.26 Å². The number of benzene rings is 2. The van der Waals surface area contributed by atoms with Crippen LogP contribution in [0.2, 0.25) is 0 Å². The molecule has 0 aliphatic carbocycles. The number of aromatic nitrogens is 2. The molecule has 0 bridgehead atoms. The van der Waals surface area contributed by atoms with E-state index in [0.29, 0.717) is 18.1 Å². The highest BCUT2D eigenvalue weighted by molar-refractivity contribution is 7.99. The third-order valence-corrected chi connectivity index (χ3v) is 6.05. The lowest BCUT2D eigenvalue weighted by atomic mass is 10.1. The predicted molar refractivity (Wildman–Crippen MR) is 122 cm³/mol. The first-order valence-corrected chi connectivity index (χ1v) is 11.5. The minimum Gasteiger partial charge on any atom is -0.497 e. The number of methoxy groups -OCH3 is 1. The molecular formula is C23H26N4O3S. The van der Waals surface area contributed by atoms with Crippen molar-refractivity contribution in [1.29, 1.82) is 0 Å². The molecule has 0 saturated carbocycles. The van der Waals surface area contributed by atoms with E-state index in [1.165, 1.54) is 17.1 Å². The van der Waals surface area contributed by atoms with Crippen LogP contribution in [0.15, 0.2) is 53.1 Å². The number of nitrogens with zero attached hydrogens (tertiary/aromatic N) is 3. The quantitative estimate of drug-likeness (QED) is 0.572. The first-order valence-electron chi connectivity index (χ1n) is 10.4. The van der Waals surface area contributed by atoms with Gasteiger partial charge < -0.3 is 14.6 Å². The number of thioether (sulfide) groups is 1. The lowest BCUT2D eigenvalue weighted by molar-refractivity contribution is -0.116. The normalized spacial score (nSPS) is 14.4. The third-order valence-electron chi connectivity index (χ3n) is 5.10. The number of nitrogens with one attached hydrogen (secondary N) is 1. The van der Waals surface area contributed by atoms with Gasteiger partial charge in [0.25, 0.3) is 0 Å². The Morgan fingerprint density at radius 1 is 1.19 bits per heavy atom. The van der Waals surface area contributed by atoms with Crippen molar-refractivity contribution in [1.82, 2.24) is 15.0 Å². The highest BCUT2D eigenvalue weighted by Crippen LogP contribution is 2.20. The number of anilines is 1. The summed E-state index contributed by atoms with van der Waals surface area (Å²) in [5, 5.41) is 6.98. The van der Waals surface area contributed by atoms with E-state index in [-0.39, 0.29) is 12.3 Å². The second kappa shape index (κ2) is 10.5. The molecule has 2 aromatic carbocycles. The SMILES string of the molecule is COc1ccc(-c2noc(CCC(=O)Nc3cccc(CN4CCSCC4)c3)n2)cc1. The molecule has 1 aromatic heterocycles. The Bertz CT molecular complexity index is 1000. The number of carbonyl (C=O) groups is 1. The number of hydrogen-bond acceptors (Lipinski definition) is 7. The van der Waals surface area contributed by atoms with Crippen molar-refractivity contribution in [2.45, 2.75) is 19.4 Å². The summed E-state index contributed by atoms with van der Waals surface area (Å²) in [7, 11) is 1.62. The highest BCUT2D eigenvalue weighted by Gasteiger charge is 2.13. The average molecular weight is 439 g/mol. The maximum Gasteiger partial charge on any atom is 0.227 e. The molecular weight excluding hydrogens is 412 g/mol. The van der Waals surface area contributed by atoms with E-state index >= 15 is 0 Å². The van der Waals surface area contributed by atoms with E-state index in [1.54, 1.807) is 7.11 Å². The zero-order chi connectivity index (χ0) is 21.5. The Balaban J connectivity index is 1.28. The zero-order valence-corrected chi connectivity index (χ0v) is 18.4. The summed E-state index contributed by atoms with van der Waals surface area (Å²) in [6.07, 6.45) is 0.665. The van der Waals surface area contributed by atoms with Crippen molar-refractivity contribution in [2.24, 2.45) is 0 Å². The van der Waals surface area contributed by atoms with Gasteiger partial charge in [0.1, 0.15) is 5.75 Å². The molecule has 162 valence electrons. The molecule has 31 heavy (non-hydrogen) atoms. The summed E-state index contributed by atoms with van der Waals surface area (Å²) in [6, 6.07) is 15.5. The van der Waals surface area contributed by atoms with Gasteiger partial charge in [-0.05, 0) is 42.0 Å². The maximum atomic E-state index is 12.4. The Labute approximate surface area is 186 Å². The average Bonchev–Trinajstić information content (AvgIpc) is 3.28. The number of carbonyl (C=O) groups excluding carboxylic acids is 1. The van der Waals surface area contributed by atoms with Crippen molar-refractivity contribution >= 4 is 23.4 Å². The van der Waals surface area contributed by atoms with Gasteiger partial charge in [0.05, 0.1) is 7.11 Å². The minimum absolute atomic E-state index is 0.0734. The Morgan fingerprint density at radius 3 is 2.77 bits per heavy atom. The number of aryl methyl sites for hydroxylation is 1. The molecule has 1 amide bonds. The number of hydrogen-bond donors (Lipinski definition) is 1. The van der Waals surface area contributed by atoms with Crippen LogP contribution in [0.3, 0.4) is 0 Å². The van der Waals surface area contributed by atoms with Crippen LogP contribution in [0.4, 0.5) is 5.69 Å². The Morgan fingerprint density at radius 2 is 2.00 bits per heavy atom. The predicted octanol–water partition coefficient (Wildman–Crippen LogP) is 3.87. The smallest absolute Gasteiger partial charge is 0.227 e. The van der Waals surface area contributed by atoms with Gasteiger partial charge in [-0.3, -0.25) is 9.69 Å². The van der Waals surface area contributed by atoms with E-state index in [0.717, 1.165) is 36.6 Å². The topological polar surface area (TPSA) is 80.5 Å². The monoisotopic (exact) mass is 438 g/mol. The van der Waals surface area contributed by atoms with Gasteiger partial charge in [-0.2, -0.15) is 16.7 Å². The number of amides is 1. The molecule has 8 heteroatoms. The first kappa shape index (κ1) is 21.4. The fourth-order valence-corrected chi connectivity index (χ4v) is 4.40. The molecule has 7 nitrogen and oxygen atoms in total. The van der Waals surface area contributed by atoms with Gasteiger partial charge in [0, 0.05) is 55.2 Å². The summed E-state index contributed by atoms with van der Waals surface area (Å²) >= 11 is 2.01. The van der Waals surface area contributed by atoms with Gasteiger partial charge in [0.2, 0.25) is 17.6 Å². The molecule has 4 rings (SSSR count). The molecule has 2 heterocycles. The van der Waals surface area contributed by atoms with Gasteiger partial charge in [-0.25, -0.2) is 0 Å². The van der Waals surface area contributed by atoms with Crippen LogP contribution in [-0.4, -0.2) is 52.7 Å². The number of rotatable bonds is 8. The summed E-state index contributed by atoms with van der Waals surface area (Å²) in [5.74, 6) is 4.01. The lowest BCUT2D eigenvalue weighted by Gasteiger charge is -2.26. The van der Waals surface area contributed by atoms with Gasteiger partial charge in [0.15, 0.2) is 0 Å². The summed E-state index contributed by atoms with van der Waals surface area (Å²) in [4.78, 5) is 19.2. The van der Waals surface area contributed by atoms with Crippen LogP contribution in [0.25, 0.3) is 11.4 Å². The number of ether oxygens (including phenoxy) is 1. The summed E-state index contributed by atoms with van der Waals surface area (Å²) in [6.45, 7) is 3.15. The van der Waals surface area contributed by atoms with E-state index < -0.39 is 0 Å². The first-order chi connectivity index (χ1) is 15.2. The summed E-state index contributed by atoms with van der Waals surface area (Å²) < 4.78 is 10.5. The molecule has 1 saturated heterocycles. The van der Waals surface area contributed by atoms with Crippen molar-refractivity contribution in [2.75, 3.05) is 37.0 Å². The molecule has 0 spiro atoms. The van der Waals surface area contributed by atoms with Gasteiger partial charge in [-0.1, -0.05) is 17.3 Å². The lowest BCUT2D eigenvalue weighted by Crippen LogP contribution is -2.31. The van der Waals surface area contributed by atoms with Crippen LogP contribution in [0.1, 0.15) is 17.9 Å². The fraction of sp³-hybridized carbons (Fsp3) is 0.348. The maximum absolute atomic E-state index is 12.4. The Kier molecular flexibility index (Phi) is 7.22. The van der Waals surface area contributed by atoms with E-state index in [2.05, 4.69) is 26.4 Å². The van der Waals surface area contributed by atoms with Crippen LogP contribution in [0, 0.1) is 0 Å². The molecule has 1 aliphatic rings. The third kappa shape index (κ3) is 6.08. The largest absolute Gasteiger partial charge is 0.497 e. The van der Waals surface area contributed by atoms with Crippen LogP contribution >= 0.6 is 11.8 Å². The van der Waals surface area contributed by atoms with Crippen LogP contribution in [-0.2, 0) is 17.8 Å². The molecule has 1 N–H and O–H groups in total. The van der Waals surface area contributed by atoms with Crippen molar-refractivity contribution in [3.8, 4) is 17.1 Å². The fourth-order valence-electron chi connectivity index (χ4n) is 3.42. The second-order valence-corrected chi connectivity index (χ2v) is 8.60. The molecule has 1 aliphatic heterocycles. The second-order valence-electron chi connectivity index (χ2n) is 7.38. The zero-order valence-electron chi connectivity index (χ0n) is 17.5. The molecule has 0 radical (unpaired) electrons. The highest BCUT2D eigenvalue weighted by atomic mass is 32.2. The standard InChI is InChI=1S/C23H26N4O3S/c1-29-20-7-5-18(6-8-20)23-25-22(30-26-23)10-9-21(28)24-19-4-2-3-17(15-19)16-27-11-13-31-14-12-27/h2-8,15H,9-14,16H2,1H3,(H,24,28). The van der Waals surface area contributed by atoms with Crippen LogP contribution in [0.5, 0.6) is 5.75 Å². The van der Waals surface area contributed by atoms with Crippen molar-refractivity contribution in [3.05, 3.63) is 60.0 Å². The van der Waals surface area contributed by atoms with Crippen molar-refractivity contribution < 1.29 is 14.1 Å². The van der Waals surface area contributed by atoms with E-state index in [1.807, 2.05) is 54.2 Å². The van der Waals surface area contributed by atoms with Gasteiger partial charge in [-0.15, -0.1) is 0 Å². The van der Waals surface area contributed by atoms with Gasteiger partial charge >= 0.3 is 0 Å². The molecule has 1 fully saturated rings. The summed E-state index contributed by atoms with van der Waals surface area (Å²) in [5.41, 5.74) is 2.87. The molecule has 0 atom stereocenters. The van der Waals surface area contributed by atoms with E-state index in [9.17, 15) is 4.79 Å².